The van der Waals surface area contributed by atoms with Gasteiger partial charge in [-0.2, -0.15) is 0 Å². The fourth-order valence-corrected chi connectivity index (χ4v) is 3.44. The largest absolute Gasteiger partial charge is 0.377 e. The standard InChI is InChI=1S/C20H21F2NO2/c1-13(24)23-18-10-11-25-19(12-18)20(14-2-6-16(21)7-3-14)15-4-8-17(22)9-5-15/h2-9,18-20H,10-12H2,1H3,(H,23,24)/t18-,19?/m0/s1. The molecule has 1 aliphatic heterocycles. The smallest absolute Gasteiger partial charge is 0.217 e. The van der Waals surface area contributed by atoms with Gasteiger partial charge in [-0.3, -0.25) is 4.79 Å². The number of ether oxygens (including phenoxy) is 1. The Morgan fingerprint density at radius 3 is 2.04 bits per heavy atom. The lowest BCUT2D eigenvalue weighted by molar-refractivity contribution is -0.120. The maximum Gasteiger partial charge on any atom is 0.217 e. The number of carbonyl (C=O) groups excluding carboxylic acids is 1. The number of halogens is 2. The average Bonchev–Trinajstić information content (AvgIpc) is 2.58. The first-order chi connectivity index (χ1) is 12.0. The Balaban J connectivity index is 1.91. The molecule has 1 amide bonds. The fourth-order valence-electron chi connectivity index (χ4n) is 3.44. The molecule has 3 nitrogen and oxygen atoms in total. The van der Waals surface area contributed by atoms with E-state index in [1.54, 1.807) is 24.3 Å². The van der Waals surface area contributed by atoms with Crippen LogP contribution in [-0.2, 0) is 9.53 Å². The van der Waals surface area contributed by atoms with Crippen molar-refractivity contribution in [2.75, 3.05) is 6.61 Å². The van der Waals surface area contributed by atoms with Crippen molar-refractivity contribution >= 4 is 5.91 Å². The minimum absolute atomic E-state index is 0.0413. The van der Waals surface area contributed by atoms with E-state index in [0.717, 1.165) is 17.5 Å². The third kappa shape index (κ3) is 4.42. The van der Waals surface area contributed by atoms with Crippen LogP contribution in [0.5, 0.6) is 0 Å². The van der Waals surface area contributed by atoms with Gasteiger partial charge in [0.05, 0.1) is 6.10 Å². The minimum Gasteiger partial charge on any atom is -0.377 e. The predicted octanol–water partition coefficient (Wildman–Crippen LogP) is 3.78. The highest BCUT2D eigenvalue weighted by Crippen LogP contribution is 2.34. The van der Waals surface area contributed by atoms with Gasteiger partial charge in [-0.1, -0.05) is 24.3 Å². The molecule has 0 radical (unpaired) electrons. The van der Waals surface area contributed by atoms with Crippen LogP contribution in [0, 0.1) is 11.6 Å². The van der Waals surface area contributed by atoms with Crippen molar-refractivity contribution < 1.29 is 18.3 Å². The number of nitrogens with one attached hydrogen (secondary N) is 1. The molecule has 3 rings (SSSR count). The maximum absolute atomic E-state index is 13.3. The van der Waals surface area contributed by atoms with Gasteiger partial charge in [0.2, 0.25) is 5.91 Å². The number of amides is 1. The van der Waals surface area contributed by atoms with E-state index >= 15 is 0 Å². The summed E-state index contributed by atoms with van der Waals surface area (Å²) < 4.78 is 32.6. The molecule has 0 spiro atoms. The van der Waals surface area contributed by atoms with Crippen LogP contribution < -0.4 is 5.32 Å². The maximum atomic E-state index is 13.3. The molecule has 1 aliphatic rings. The third-order valence-corrected chi connectivity index (χ3v) is 4.55. The number of hydrogen-bond acceptors (Lipinski definition) is 2. The summed E-state index contributed by atoms with van der Waals surface area (Å²) in [7, 11) is 0. The summed E-state index contributed by atoms with van der Waals surface area (Å²) >= 11 is 0. The molecule has 1 heterocycles. The molecule has 1 fully saturated rings. The van der Waals surface area contributed by atoms with Crippen LogP contribution in [0.15, 0.2) is 48.5 Å². The Bertz CT molecular complexity index is 670. The van der Waals surface area contributed by atoms with Gasteiger partial charge in [0.15, 0.2) is 0 Å². The molecule has 1 unspecified atom stereocenters. The van der Waals surface area contributed by atoms with Gasteiger partial charge >= 0.3 is 0 Å². The summed E-state index contributed by atoms with van der Waals surface area (Å²) in [6.45, 7) is 2.04. The first kappa shape index (κ1) is 17.5. The molecule has 2 atom stereocenters. The van der Waals surface area contributed by atoms with Crippen LogP contribution in [0.25, 0.3) is 0 Å². The van der Waals surface area contributed by atoms with Crippen LogP contribution in [0.4, 0.5) is 8.78 Å². The molecular formula is C20H21F2NO2. The molecule has 0 aliphatic carbocycles. The van der Waals surface area contributed by atoms with E-state index in [4.69, 9.17) is 4.74 Å². The highest BCUT2D eigenvalue weighted by Gasteiger charge is 2.32. The number of benzene rings is 2. The van der Waals surface area contributed by atoms with E-state index in [1.165, 1.54) is 31.2 Å². The summed E-state index contributed by atoms with van der Waals surface area (Å²) in [6.07, 6.45) is 1.23. The SMILES string of the molecule is CC(=O)N[C@H]1CCOC(C(c2ccc(F)cc2)c2ccc(F)cc2)C1. The van der Waals surface area contributed by atoms with Gasteiger partial charge in [-0.05, 0) is 48.2 Å². The second-order valence-corrected chi connectivity index (χ2v) is 6.41. The van der Waals surface area contributed by atoms with Crippen molar-refractivity contribution in [3.63, 3.8) is 0 Å². The number of carbonyl (C=O) groups is 1. The van der Waals surface area contributed by atoms with E-state index in [2.05, 4.69) is 5.32 Å². The first-order valence-electron chi connectivity index (χ1n) is 8.42. The molecule has 0 bridgehead atoms. The van der Waals surface area contributed by atoms with Crippen molar-refractivity contribution in [1.82, 2.24) is 5.32 Å². The highest BCUT2D eigenvalue weighted by atomic mass is 19.1. The predicted molar refractivity (Wildman–Crippen MR) is 91.2 cm³/mol. The molecule has 0 saturated carbocycles. The first-order valence-corrected chi connectivity index (χ1v) is 8.42. The van der Waals surface area contributed by atoms with Crippen LogP contribution >= 0.6 is 0 Å². The van der Waals surface area contributed by atoms with Crippen molar-refractivity contribution in [3.05, 3.63) is 71.3 Å². The molecular weight excluding hydrogens is 324 g/mol. The van der Waals surface area contributed by atoms with E-state index < -0.39 is 0 Å². The zero-order valence-electron chi connectivity index (χ0n) is 14.0. The lowest BCUT2D eigenvalue weighted by Crippen LogP contribution is -2.43. The molecule has 132 valence electrons. The second-order valence-electron chi connectivity index (χ2n) is 6.41. The number of hydrogen-bond donors (Lipinski definition) is 1. The zero-order valence-corrected chi connectivity index (χ0v) is 14.0. The summed E-state index contributed by atoms with van der Waals surface area (Å²) in [4.78, 5) is 11.4. The van der Waals surface area contributed by atoms with Crippen molar-refractivity contribution in [1.29, 1.82) is 0 Å². The average molecular weight is 345 g/mol. The monoisotopic (exact) mass is 345 g/mol. The molecule has 1 saturated heterocycles. The lowest BCUT2D eigenvalue weighted by atomic mass is 9.82. The Morgan fingerprint density at radius 2 is 1.56 bits per heavy atom. The van der Waals surface area contributed by atoms with E-state index in [0.29, 0.717) is 13.0 Å². The van der Waals surface area contributed by atoms with Gasteiger partial charge in [0.1, 0.15) is 11.6 Å². The second kappa shape index (κ2) is 7.74. The third-order valence-electron chi connectivity index (χ3n) is 4.55. The molecule has 2 aromatic carbocycles. The van der Waals surface area contributed by atoms with Gasteiger partial charge < -0.3 is 10.1 Å². The van der Waals surface area contributed by atoms with E-state index in [9.17, 15) is 13.6 Å². The zero-order chi connectivity index (χ0) is 17.8. The Hall–Kier alpha value is -2.27. The van der Waals surface area contributed by atoms with Crippen molar-refractivity contribution in [2.45, 2.75) is 37.8 Å². The number of rotatable bonds is 4. The molecule has 5 heteroatoms. The van der Waals surface area contributed by atoms with Gasteiger partial charge in [0.25, 0.3) is 0 Å². The van der Waals surface area contributed by atoms with Gasteiger partial charge in [-0.25, -0.2) is 8.78 Å². The van der Waals surface area contributed by atoms with Gasteiger partial charge in [-0.15, -0.1) is 0 Å². The highest BCUT2D eigenvalue weighted by molar-refractivity contribution is 5.73. The molecule has 2 aromatic rings. The van der Waals surface area contributed by atoms with Crippen LogP contribution in [0.1, 0.15) is 36.8 Å². The normalized spacial score (nSPS) is 20.5. The fraction of sp³-hybridized carbons (Fsp3) is 0.350. The Morgan fingerprint density at radius 1 is 1.04 bits per heavy atom. The van der Waals surface area contributed by atoms with Crippen LogP contribution in [0.2, 0.25) is 0 Å². The Kier molecular flexibility index (Phi) is 5.43. The van der Waals surface area contributed by atoms with Crippen LogP contribution in [-0.4, -0.2) is 24.7 Å². The Labute approximate surface area is 146 Å². The van der Waals surface area contributed by atoms with E-state index in [1.807, 2.05) is 0 Å². The summed E-state index contributed by atoms with van der Waals surface area (Å²) in [5, 5.41) is 2.95. The van der Waals surface area contributed by atoms with Gasteiger partial charge in [0, 0.05) is 25.5 Å². The molecule has 25 heavy (non-hydrogen) atoms. The van der Waals surface area contributed by atoms with E-state index in [-0.39, 0.29) is 35.6 Å². The van der Waals surface area contributed by atoms with Crippen LogP contribution in [0.3, 0.4) is 0 Å². The lowest BCUT2D eigenvalue weighted by Gasteiger charge is -2.35. The molecule has 0 aromatic heterocycles. The summed E-state index contributed by atoms with van der Waals surface area (Å²) in [5.74, 6) is -0.826. The molecule has 1 N–H and O–H groups in total. The minimum atomic E-state index is -0.303. The summed E-state index contributed by atoms with van der Waals surface area (Å²) in [6, 6.07) is 12.6. The van der Waals surface area contributed by atoms with Crippen molar-refractivity contribution in [3.8, 4) is 0 Å². The topological polar surface area (TPSA) is 38.3 Å². The summed E-state index contributed by atoms with van der Waals surface area (Å²) in [5.41, 5.74) is 1.81. The quantitative estimate of drug-likeness (QED) is 0.916. The van der Waals surface area contributed by atoms with Crippen molar-refractivity contribution in [2.24, 2.45) is 0 Å².